The van der Waals surface area contributed by atoms with Crippen molar-refractivity contribution < 1.29 is 8.42 Å². The zero-order valence-corrected chi connectivity index (χ0v) is 13.6. The van der Waals surface area contributed by atoms with Crippen molar-refractivity contribution in [3.05, 3.63) is 35.7 Å². The summed E-state index contributed by atoms with van der Waals surface area (Å²) in [6.45, 7) is 2.93. The molecule has 22 heavy (non-hydrogen) atoms. The van der Waals surface area contributed by atoms with Crippen LogP contribution in [0.5, 0.6) is 0 Å². The number of sulfonamides is 1. The van der Waals surface area contributed by atoms with E-state index in [0.29, 0.717) is 11.9 Å². The van der Waals surface area contributed by atoms with Gasteiger partial charge in [0.05, 0.1) is 15.9 Å². The third-order valence-electron chi connectivity index (χ3n) is 3.10. The maximum absolute atomic E-state index is 11.3. The van der Waals surface area contributed by atoms with E-state index in [1.54, 1.807) is 6.07 Å². The normalized spacial score (nSPS) is 12.1. The summed E-state index contributed by atoms with van der Waals surface area (Å²) in [7, 11) is -3.76. The van der Waals surface area contributed by atoms with E-state index < -0.39 is 10.0 Å². The number of nitrogens with zero attached hydrogens (tertiary/aromatic N) is 4. The first-order valence-electron chi connectivity index (χ1n) is 6.77. The van der Waals surface area contributed by atoms with Crippen molar-refractivity contribution in [1.82, 2.24) is 20.0 Å². The number of rotatable bonds is 5. The van der Waals surface area contributed by atoms with E-state index in [1.165, 1.54) is 0 Å². The summed E-state index contributed by atoms with van der Waals surface area (Å²) in [6.07, 6.45) is 3.57. The SMILES string of the molecule is CCCn1cc(Cc2ccc3nc(S(N)(=O)=O)sc3c2)nn1. The van der Waals surface area contributed by atoms with Gasteiger partial charge in [0, 0.05) is 19.2 Å². The average molecular weight is 337 g/mol. The first-order chi connectivity index (χ1) is 10.5. The first-order valence-corrected chi connectivity index (χ1v) is 9.13. The van der Waals surface area contributed by atoms with Gasteiger partial charge < -0.3 is 0 Å². The molecular formula is C13H15N5O2S2. The Kier molecular flexibility index (Phi) is 3.94. The molecule has 3 rings (SSSR count). The number of primary sulfonamides is 1. The van der Waals surface area contributed by atoms with Gasteiger partial charge in [0.2, 0.25) is 4.34 Å². The smallest absolute Gasteiger partial charge is 0.252 e. The van der Waals surface area contributed by atoms with Gasteiger partial charge in [-0.25, -0.2) is 18.5 Å². The van der Waals surface area contributed by atoms with Gasteiger partial charge in [-0.3, -0.25) is 4.68 Å². The van der Waals surface area contributed by atoms with Gasteiger partial charge in [0.25, 0.3) is 10.0 Å². The van der Waals surface area contributed by atoms with E-state index in [-0.39, 0.29) is 4.34 Å². The summed E-state index contributed by atoms with van der Waals surface area (Å²) in [5.41, 5.74) is 2.54. The number of aromatic nitrogens is 4. The average Bonchev–Trinajstić information content (AvgIpc) is 3.05. The molecule has 7 nitrogen and oxygen atoms in total. The van der Waals surface area contributed by atoms with Crippen LogP contribution in [0.15, 0.2) is 28.7 Å². The summed E-state index contributed by atoms with van der Waals surface area (Å²) < 4.78 is 25.2. The predicted octanol–water partition coefficient (Wildman–Crippen LogP) is 1.54. The molecule has 0 atom stereocenters. The van der Waals surface area contributed by atoms with Gasteiger partial charge in [0.1, 0.15) is 0 Å². The summed E-state index contributed by atoms with van der Waals surface area (Å²) in [4.78, 5) is 4.03. The maximum atomic E-state index is 11.3. The number of aryl methyl sites for hydroxylation is 1. The predicted molar refractivity (Wildman–Crippen MR) is 84.1 cm³/mol. The molecule has 3 aromatic rings. The van der Waals surface area contributed by atoms with E-state index >= 15 is 0 Å². The van der Waals surface area contributed by atoms with Crippen LogP contribution in [-0.4, -0.2) is 28.4 Å². The molecule has 0 fully saturated rings. The Hall–Kier alpha value is -1.84. The molecule has 2 heterocycles. The fourth-order valence-corrected chi connectivity index (χ4v) is 3.87. The van der Waals surface area contributed by atoms with E-state index in [0.717, 1.165) is 40.3 Å². The van der Waals surface area contributed by atoms with Crippen molar-refractivity contribution in [3.63, 3.8) is 0 Å². The largest absolute Gasteiger partial charge is 0.265 e. The molecule has 2 N–H and O–H groups in total. The van der Waals surface area contributed by atoms with Crippen LogP contribution in [0.3, 0.4) is 0 Å². The minimum absolute atomic E-state index is 0.0615. The highest BCUT2D eigenvalue weighted by atomic mass is 32.2. The maximum Gasteiger partial charge on any atom is 0.265 e. The molecule has 0 bridgehead atoms. The fraction of sp³-hybridized carbons (Fsp3) is 0.308. The fourth-order valence-electron chi connectivity index (χ4n) is 2.15. The Morgan fingerprint density at radius 3 is 2.91 bits per heavy atom. The number of hydrogen-bond acceptors (Lipinski definition) is 6. The van der Waals surface area contributed by atoms with E-state index in [4.69, 9.17) is 5.14 Å². The van der Waals surface area contributed by atoms with Gasteiger partial charge in [-0.2, -0.15) is 0 Å². The van der Waals surface area contributed by atoms with Crippen LogP contribution >= 0.6 is 11.3 Å². The zero-order chi connectivity index (χ0) is 15.7. The van der Waals surface area contributed by atoms with Crippen LogP contribution < -0.4 is 5.14 Å². The van der Waals surface area contributed by atoms with Crippen molar-refractivity contribution in [2.75, 3.05) is 0 Å². The molecule has 0 unspecified atom stereocenters. The van der Waals surface area contributed by atoms with Crippen LogP contribution in [0.25, 0.3) is 10.2 Å². The lowest BCUT2D eigenvalue weighted by molar-refractivity contribution is 0.579. The number of nitrogens with two attached hydrogens (primary N) is 1. The van der Waals surface area contributed by atoms with Crippen molar-refractivity contribution in [2.45, 2.75) is 30.6 Å². The highest BCUT2D eigenvalue weighted by Crippen LogP contribution is 2.26. The monoisotopic (exact) mass is 337 g/mol. The first kappa shape index (κ1) is 15.1. The molecular weight excluding hydrogens is 322 g/mol. The minimum atomic E-state index is -3.76. The molecule has 116 valence electrons. The van der Waals surface area contributed by atoms with Gasteiger partial charge in [-0.15, -0.1) is 16.4 Å². The molecule has 0 aliphatic carbocycles. The summed E-state index contributed by atoms with van der Waals surface area (Å²) in [5.74, 6) is 0. The van der Waals surface area contributed by atoms with E-state index in [9.17, 15) is 8.42 Å². The third-order valence-corrected chi connectivity index (χ3v) is 5.44. The van der Waals surface area contributed by atoms with Gasteiger partial charge in [0.15, 0.2) is 0 Å². The van der Waals surface area contributed by atoms with Crippen LogP contribution in [-0.2, 0) is 23.0 Å². The Balaban J connectivity index is 1.87. The number of hydrogen-bond donors (Lipinski definition) is 1. The summed E-state index contributed by atoms with van der Waals surface area (Å²) in [5, 5.41) is 13.3. The lowest BCUT2D eigenvalue weighted by Gasteiger charge is -1.97. The molecule has 0 aliphatic heterocycles. The molecule has 0 radical (unpaired) electrons. The van der Waals surface area contributed by atoms with Gasteiger partial charge in [-0.05, 0) is 24.1 Å². The molecule has 2 aromatic heterocycles. The van der Waals surface area contributed by atoms with Crippen LogP contribution in [0.1, 0.15) is 24.6 Å². The van der Waals surface area contributed by atoms with Crippen molar-refractivity contribution in [3.8, 4) is 0 Å². The van der Waals surface area contributed by atoms with Crippen LogP contribution in [0.2, 0.25) is 0 Å². The Labute approximate surface area is 131 Å². The number of fused-ring (bicyclic) bond motifs is 1. The second-order valence-corrected chi connectivity index (χ2v) is 7.74. The quantitative estimate of drug-likeness (QED) is 0.760. The molecule has 1 aromatic carbocycles. The van der Waals surface area contributed by atoms with E-state index in [2.05, 4.69) is 22.2 Å². The number of benzene rings is 1. The second-order valence-electron chi connectivity index (χ2n) is 4.98. The van der Waals surface area contributed by atoms with Crippen molar-refractivity contribution in [1.29, 1.82) is 0 Å². The Bertz CT molecular complexity index is 914. The van der Waals surface area contributed by atoms with Gasteiger partial charge in [-0.1, -0.05) is 18.2 Å². The lowest BCUT2D eigenvalue weighted by atomic mass is 10.1. The number of thiazole rings is 1. The standard InChI is InChI=1S/C13H15N5O2S2/c1-2-5-18-8-10(16-17-18)6-9-3-4-11-12(7-9)21-13(15-11)22(14,19)20/h3-4,7-8H,2,5-6H2,1H3,(H2,14,19,20). The molecule has 0 saturated heterocycles. The Morgan fingerprint density at radius 1 is 1.36 bits per heavy atom. The summed E-state index contributed by atoms with van der Waals surface area (Å²) in [6, 6.07) is 5.63. The van der Waals surface area contributed by atoms with Crippen LogP contribution in [0, 0.1) is 0 Å². The molecule has 9 heteroatoms. The van der Waals surface area contributed by atoms with Crippen molar-refractivity contribution >= 4 is 31.6 Å². The second kappa shape index (κ2) is 5.75. The lowest BCUT2D eigenvalue weighted by Crippen LogP contribution is -2.11. The Morgan fingerprint density at radius 2 is 2.18 bits per heavy atom. The molecule has 0 spiro atoms. The van der Waals surface area contributed by atoms with E-state index in [1.807, 2.05) is 23.0 Å². The van der Waals surface area contributed by atoms with Crippen molar-refractivity contribution in [2.24, 2.45) is 5.14 Å². The van der Waals surface area contributed by atoms with Crippen LogP contribution in [0.4, 0.5) is 0 Å². The molecule has 0 aliphatic rings. The third kappa shape index (κ3) is 3.16. The highest BCUT2D eigenvalue weighted by molar-refractivity contribution is 7.91. The highest BCUT2D eigenvalue weighted by Gasteiger charge is 2.14. The minimum Gasteiger partial charge on any atom is -0.252 e. The van der Waals surface area contributed by atoms with Gasteiger partial charge >= 0.3 is 0 Å². The zero-order valence-electron chi connectivity index (χ0n) is 11.9. The topological polar surface area (TPSA) is 104 Å². The molecule has 0 saturated carbocycles. The summed E-state index contributed by atoms with van der Waals surface area (Å²) >= 11 is 1.08. The molecule has 0 amide bonds.